The Hall–Kier alpha value is -1.06. The van der Waals surface area contributed by atoms with Gasteiger partial charge in [0.15, 0.2) is 0 Å². The summed E-state index contributed by atoms with van der Waals surface area (Å²) in [6.45, 7) is 4.37. The molecule has 0 bridgehead atoms. The third-order valence-electron chi connectivity index (χ3n) is 5.17. The molecule has 4 nitrogen and oxygen atoms in total. The first-order chi connectivity index (χ1) is 10.6. The second-order valence-electron chi connectivity index (χ2n) is 6.59. The topological polar surface area (TPSA) is 63.6 Å². The first-order valence-corrected chi connectivity index (χ1v) is 8.95. The first kappa shape index (κ1) is 19.0. The van der Waals surface area contributed by atoms with Crippen LogP contribution in [0.4, 0.5) is 0 Å². The van der Waals surface area contributed by atoms with E-state index in [4.69, 9.17) is 9.84 Å². The minimum Gasteiger partial charge on any atom is -0.481 e. The highest BCUT2D eigenvalue weighted by Gasteiger charge is 2.37. The van der Waals surface area contributed by atoms with Crippen LogP contribution in [0, 0.1) is 11.3 Å². The van der Waals surface area contributed by atoms with Crippen molar-refractivity contribution in [3.63, 3.8) is 0 Å². The number of aliphatic carboxylic acids is 1. The third-order valence-corrected chi connectivity index (χ3v) is 5.17. The van der Waals surface area contributed by atoms with Crippen LogP contribution in [0.15, 0.2) is 0 Å². The number of carboxylic acid groups (broad SMARTS) is 1. The van der Waals surface area contributed by atoms with Crippen molar-refractivity contribution >= 4 is 11.9 Å². The predicted molar refractivity (Wildman–Crippen MR) is 86.7 cm³/mol. The van der Waals surface area contributed by atoms with Crippen LogP contribution in [0.1, 0.15) is 84.5 Å². The van der Waals surface area contributed by atoms with E-state index in [1.807, 2.05) is 13.8 Å². The smallest absolute Gasteiger partial charge is 0.309 e. The number of carbonyl (C=O) groups is 2. The van der Waals surface area contributed by atoms with E-state index in [1.54, 1.807) is 0 Å². The maximum Gasteiger partial charge on any atom is 0.309 e. The summed E-state index contributed by atoms with van der Waals surface area (Å²) in [6, 6.07) is 0. The minimum atomic E-state index is -0.584. The molecule has 4 heteroatoms. The highest BCUT2D eigenvalue weighted by atomic mass is 16.5. The van der Waals surface area contributed by atoms with Crippen LogP contribution < -0.4 is 0 Å². The summed E-state index contributed by atoms with van der Waals surface area (Å²) < 4.78 is 4.94. The van der Waals surface area contributed by atoms with Gasteiger partial charge < -0.3 is 9.84 Å². The van der Waals surface area contributed by atoms with Gasteiger partial charge in [0.1, 0.15) is 0 Å². The molecule has 2 rings (SSSR count). The zero-order chi connectivity index (χ0) is 16.4. The van der Waals surface area contributed by atoms with Crippen molar-refractivity contribution in [2.45, 2.75) is 84.5 Å². The van der Waals surface area contributed by atoms with Crippen LogP contribution in [0.25, 0.3) is 0 Å². The molecule has 2 saturated carbocycles. The molecule has 0 saturated heterocycles. The van der Waals surface area contributed by atoms with Gasteiger partial charge in [-0.25, -0.2) is 0 Å². The van der Waals surface area contributed by atoms with Gasteiger partial charge in [-0.1, -0.05) is 45.4 Å². The Morgan fingerprint density at radius 1 is 1.00 bits per heavy atom. The number of carboxylic acids is 1. The van der Waals surface area contributed by atoms with E-state index in [1.165, 1.54) is 25.7 Å². The molecule has 0 aromatic rings. The van der Waals surface area contributed by atoms with Crippen LogP contribution in [0.3, 0.4) is 0 Å². The van der Waals surface area contributed by atoms with Crippen molar-refractivity contribution in [1.29, 1.82) is 0 Å². The summed E-state index contributed by atoms with van der Waals surface area (Å²) >= 11 is 0. The molecule has 2 aliphatic carbocycles. The lowest BCUT2D eigenvalue weighted by atomic mass is 9.72. The van der Waals surface area contributed by atoms with Gasteiger partial charge in [0, 0.05) is 0 Å². The van der Waals surface area contributed by atoms with Gasteiger partial charge in [-0.2, -0.15) is 0 Å². The Bertz CT molecular complexity index is 337. The maximum absolute atomic E-state index is 11.2. The predicted octanol–water partition coefficient (Wildman–Crippen LogP) is 4.56. The fourth-order valence-corrected chi connectivity index (χ4v) is 3.55. The van der Waals surface area contributed by atoms with Gasteiger partial charge in [0.2, 0.25) is 0 Å². The lowest BCUT2D eigenvalue weighted by Crippen LogP contribution is -2.32. The number of carbonyl (C=O) groups excluding carboxylic acids is 1. The molecule has 128 valence electrons. The van der Waals surface area contributed by atoms with E-state index in [0.29, 0.717) is 6.61 Å². The lowest BCUT2D eigenvalue weighted by molar-refractivity contribution is -0.151. The van der Waals surface area contributed by atoms with Gasteiger partial charge in [-0.05, 0) is 39.0 Å². The van der Waals surface area contributed by atoms with Crippen LogP contribution in [-0.2, 0) is 14.3 Å². The number of ether oxygens (including phenoxy) is 1. The van der Waals surface area contributed by atoms with Gasteiger partial charge >= 0.3 is 11.9 Å². The summed E-state index contributed by atoms with van der Waals surface area (Å²) in [5.74, 6) is -0.351. The Labute approximate surface area is 134 Å². The molecule has 0 aromatic carbocycles. The molecule has 0 atom stereocenters. The average Bonchev–Trinajstić information content (AvgIpc) is 2.57. The standard InChI is InChI=1S/2C9H16O2/c1-2-9(8(10)11)6-4-3-5-7-9;1-2-11-9(10)8-6-4-3-5-7-8/h2-7H2,1H3,(H,10,11);8H,2-7H2,1H3. The fourth-order valence-electron chi connectivity index (χ4n) is 3.55. The monoisotopic (exact) mass is 312 g/mol. The lowest BCUT2D eigenvalue weighted by Gasteiger charge is -2.31. The molecule has 0 aromatic heterocycles. The van der Waals surface area contributed by atoms with Gasteiger partial charge in [0.05, 0.1) is 17.9 Å². The Morgan fingerprint density at radius 3 is 1.95 bits per heavy atom. The molecule has 0 aliphatic heterocycles. The van der Waals surface area contributed by atoms with Gasteiger partial charge in [-0.3, -0.25) is 9.59 Å². The molecular weight excluding hydrogens is 280 g/mol. The Kier molecular flexibility index (Phi) is 8.51. The second-order valence-corrected chi connectivity index (χ2v) is 6.59. The van der Waals surface area contributed by atoms with Crippen LogP contribution in [0.2, 0.25) is 0 Å². The highest BCUT2D eigenvalue weighted by molar-refractivity contribution is 5.74. The maximum atomic E-state index is 11.2. The van der Waals surface area contributed by atoms with Crippen LogP contribution >= 0.6 is 0 Å². The van der Waals surface area contributed by atoms with Crippen molar-refractivity contribution in [3.8, 4) is 0 Å². The third kappa shape index (κ3) is 5.62. The van der Waals surface area contributed by atoms with Crippen LogP contribution in [-0.4, -0.2) is 23.7 Å². The summed E-state index contributed by atoms with van der Waals surface area (Å²) in [5.41, 5.74) is -0.363. The van der Waals surface area contributed by atoms with Gasteiger partial charge in [-0.15, -0.1) is 0 Å². The molecule has 22 heavy (non-hydrogen) atoms. The van der Waals surface area contributed by atoms with Crippen molar-refractivity contribution < 1.29 is 19.4 Å². The summed E-state index contributed by atoms with van der Waals surface area (Å²) in [4.78, 5) is 22.1. The van der Waals surface area contributed by atoms with E-state index in [9.17, 15) is 9.59 Å². The van der Waals surface area contributed by atoms with E-state index in [-0.39, 0.29) is 17.3 Å². The van der Waals surface area contributed by atoms with E-state index >= 15 is 0 Å². The molecule has 0 spiro atoms. The zero-order valence-electron chi connectivity index (χ0n) is 14.2. The average molecular weight is 312 g/mol. The molecular formula is C18H32O4. The summed E-state index contributed by atoms with van der Waals surface area (Å²) in [5, 5.41) is 8.99. The van der Waals surface area contributed by atoms with E-state index in [0.717, 1.165) is 44.9 Å². The Morgan fingerprint density at radius 2 is 1.55 bits per heavy atom. The molecule has 2 aliphatic rings. The van der Waals surface area contributed by atoms with E-state index < -0.39 is 5.97 Å². The van der Waals surface area contributed by atoms with E-state index in [2.05, 4.69) is 0 Å². The van der Waals surface area contributed by atoms with Crippen molar-refractivity contribution in [2.75, 3.05) is 6.61 Å². The van der Waals surface area contributed by atoms with Crippen molar-refractivity contribution in [2.24, 2.45) is 11.3 Å². The highest BCUT2D eigenvalue weighted by Crippen LogP contribution is 2.39. The number of rotatable bonds is 4. The molecule has 0 heterocycles. The summed E-state index contributed by atoms with van der Waals surface area (Å²) in [6.07, 6.45) is 11.7. The molecule has 1 N–H and O–H groups in total. The molecule has 2 fully saturated rings. The molecule has 0 amide bonds. The normalized spacial score (nSPS) is 21.4. The fraction of sp³-hybridized carbons (Fsp3) is 0.889. The van der Waals surface area contributed by atoms with Crippen LogP contribution in [0.5, 0.6) is 0 Å². The molecule has 0 radical (unpaired) electrons. The largest absolute Gasteiger partial charge is 0.481 e. The number of esters is 1. The zero-order valence-corrected chi connectivity index (χ0v) is 14.2. The quantitative estimate of drug-likeness (QED) is 0.773. The molecule has 0 unspecified atom stereocenters. The SMILES string of the molecule is CCC1(C(=O)O)CCCCC1.CCOC(=O)C1CCCCC1. The number of hydrogen-bond acceptors (Lipinski definition) is 3. The minimum absolute atomic E-state index is 0.0206. The van der Waals surface area contributed by atoms with Crippen molar-refractivity contribution in [1.82, 2.24) is 0 Å². The summed E-state index contributed by atoms with van der Waals surface area (Å²) in [7, 11) is 0. The second kappa shape index (κ2) is 9.86. The van der Waals surface area contributed by atoms with Crippen molar-refractivity contribution in [3.05, 3.63) is 0 Å². The first-order valence-electron chi connectivity index (χ1n) is 8.95. The number of hydrogen-bond donors (Lipinski definition) is 1. The Balaban J connectivity index is 0.000000220. The van der Waals surface area contributed by atoms with Gasteiger partial charge in [0.25, 0.3) is 0 Å².